The molecule has 0 amide bonds. The second kappa shape index (κ2) is 3.93. The van der Waals surface area contributed by atoms with Crippen LogP contribution in [0.15, 0.2) is 24.5 Å². The number of rotatable bonds is 3. The van der Waals surface area contributed by atoms with Crippen LogP contribution in [0.5, 0.6) is 0 Å². The monoisotopic (exact) mass is 152 g/mol. The van der Waals surface area contributed by atoms with Gasteiger partial charge in [0.15, 0.2) is 0 Å². The molecule has 0 saturated heterocycles. The Morgan fingerprint density at radius 3 is 2.73 bits per heavy atom. The molecule has 0 aliphatic heterocycles. The summed E-state index contributed by atoms with van der Waals surface area (Å²) < 4.78 is 0. The summed E-state index contributed by atoms with van der Waals surface area (Å²) in [7, 11) is 0. The lowest BCUT2D eigenvalue weighted by Gasteiger charge is -2.10. The molecule has 0 fully saturated rings. The van der Waals surface area contributed by atoms with Crippen molar-refractivity contribution in [1.29, 1.82) is 0 Å². The Morgan fingerprint density at radius 2 is 2.18 bits per heavy atom. The SMILES string of the molecule is C[C@@H](CO)Nc1ccncc1. The topological polar surface area (TPSA) is 45.1 Å². The molecule has 0 radical (unpaired) electrons. The van der Waals surface area contributed by atoms with Gasteiger partial charge in [0.05, 0.1) is 6.61 Å². The van der Waals surface area contributed by atoms with Crippen molar-refractivity contribution in [3.05, 3.63) is 24.5 Å². The van der Waals surface area contributed by atoms with Gasteiger partial charge < -0.3 is 10.4 Å². The molecule has 1 aromatic heterocycles. The first kappa shape index (κ1) is 8.01. The van der Waals surface area contributed by atoms with Crippen molar-refractivity contribution in [2.24, 2.45) is 0 Å². The maximum absolute atomic E-state index is 8.72. The van der Waals surface area contributed by atoms with Crippen LogP contribution in [-0.4, -0.2) is 22.7 Å². The molecule has 1 aromatic rings. The van der Waals surface area contributed by atoms with E-state index in [0.717, 1.165) is 5.69 Å². The van der Waals surface area contributed by atoms with E-state index in [2.05, 4.69) is 10.3 Å². The standard InChI is InChI=1S/C8H12N2O/c1-7(6-11)10-8-2-4-9-5-3-8/h2-5,7,11H,6H2,1H3,(H,9,10)/t7-/m0/s1. The number of hydrogen-bond donors (Lipinski definition) is 2. The van der Waals surface area contributed by atoms with E-state index in [1.54, 1.807) is 12.4 Å². The smallest absolute Gasteiger partial charge is 0.0630 e. The first-order valence-electron chi connectivity index (χ1n) is 3.60. The van der Waals surface area contributed by atoms with Crippen molar-refractivity contribution in [3.63, 3.8) is 0 Å². The molecule has 11 heavy (non-hydrogen) atoms. The van der Waals surface area contributed by atoms with Gasteiger partial charge in [0.1, 0.15) is 0 Å². The van der Waals surface area contributed by atoms with E-state index >= 15 is 0 Å². The van der Waals surface area contributed by atoms with Crippen LogP contribution in [0.3, 0.4) is 0 Å². The first-order valence-corrected chi connectivity index (χ1v) is 3.60. The van der Waals surface area contributed by atoms with E-state index in [-0.39, 0.29) is 12.6 Å². The molecule has 0 aliphatic carbocycles. The Labute approximate surface area is 66.1 Å². The lowest BCUT2D eigenvalue weighted by atomic mass is 10.3. The lowest BCUT2D eigenvalue weighted by molar-refractivity contribution is 0.281. The summed E-state index contributed by atoms with van der Waals surface area (Å²) in [6, 6.07) is 3.83. The molecule has 2 N–H and O–H groups in total. The Kier molecular flexibility index (Phi) is 2.86. The fourth-order valence-corrected chi connectivity index (χ4v) is 0.778. The van der Waals surface area contributed by atoms with Crippen LogP contribution in [0, 0.1) is 0 Å². The number of pyridine rings is 1. The highest BCUT2D eigenvalue weighted by Gasteiger charge is 1.97. The summed E-state index contributed by atoms with van der Waals surface area (Å²) >= 11 is 0. The number of hydrogen-bond acceptors (Lipinski definition) is 3. The highest BCUT2D eigenvalue weighted by atomic mass is 16.3. The molecule has 0 spiro atoms. The number of aliphatic hydroxyl groups excluding tert-OH is 1. The van der Waals surface area contributed by atoms with Gasteiger partial charge in [0.2, 0.25) is 0 Å². The van der Waals surface area contributed by atoms with Crippen LogP contribution in [0.1, 0.15) is 6.92 Å². The van der Waals surface area contributed by atoms with Crippen molar-refractivity contribution < 1.29 is 5.11 Å². The zero-order valence-corrected chi connectivity index (χ0v) is 6.49. The Bertz CT molecular complexity index is 201. The van der Waals surface area contributed by atoms with Gasteiger partial charge in [-0.3, -0.25) is 4.98 Å². The molecule has 3 nitrogen and oxygen atoms in total. The van der Waals surface area contributed by atoms with Crippen LogP contribution in [0.2, 0.25) is 0 Å². The molecular formula is C8H12N2O. The fourth-order valence-electron chi connectivity index (χ4n) is 0.778. The molecule has 0 aromatic carbocycles. The molecule has 0 unspecified atom stereocenters. The molecule has 0 saturated carbocycles. The van der Waals surface area contributed by atoms with E-state index in [9.17, 15) is 0 Å². The summed E-state index contributed by atoms with van der Waals surface area (Å²) in [5.74, 6) is 0. The third kappa shape index (κ3) is 2.55. The summed E-state index contributed by atoms with van der Waals surface area (Å²) in [4.78, 5) is 3.88. The van der Waals surface area contributed by atoms with E-state index in [1.165, 1.54) is 0 Å². The molecule has 1 heterocycles. The molecule has 3 heteroatoms. The van der Waals surface area contributed by atoms with Crippen molar-refractivity contribution in [2.75, 3.05) is 11.9 Å². The normalized spacial score (nSPS) is 12.5. The van der Waals surface area contributed by atoms with Gasteiger partial charge >= 0.3 is 0 Å². The molecule has 0 bridgehead atoms. The van der Waals surface area contributed by atoms with Crippen LogP contribution >= 0.6 is 0 Å². The van der Waals surface area contributed by atoms with Gasteiger partial charge in [0.25, 0.3) is 0 Å². The van der Waals surface area contributed by atoms with Crippen LogP contribution in [0.25, 0.3) is 0 Å². The average Bonchev–Trinajstić information content (AvgIpc) is 2.06. The molecular weight excluding hydrogens is 140 g/mol. The van der Waals surface area contributed by atoms with Gasteiger partial charge in [-0.05, 0) is 19.1 Å². The third-order valence-electron chi connectivity index (χ3n) is 1.37. The summed E-state index contributed by atoms with van der Waals surface area (Å²) in [6.07, 6.45) is 3.43. The van der Waals surface area contributed by atoms with Gasteiger partial charge in [-0.1, -0.05) is 0 Å². The average molecular weight is 152 g/mol. The number of aromatic nitrogens is 1. The molecule has 0 aliphatic rings. The van der Waals surface area contributed by atoms with Crippen LogP contribution in [0.4, 0.5) is 5.69 Å². The quantitative estimate of drug-likeness (QED) is 0.675. The Hall–Kier alpha value is -1.09. The van der Waals surface area contributed by atoms with Crippen molar-refractivity contribution in [2.45, 2.75) is 13.0 Å². The Balaban J connectivity index is 2.51. The van der Waals surface area contributed by atoms with Gasteiger partial charge in [-0.25, -0.2) is 0 Å². The van der Waals surface area contributed by atoms with Gasteiger partial charge in [-0.2, -0.15) is 0 Å². The summed E-state index contributed by atoms with van der Waals surface area (Å²) in [6.45, 7) is 2.06. The number of aliphatic hydroxyl groups is 1. The van der Waals surface area contributed by atoms with E-state index < -0.39 is 0 Å². The van der Waals surface area contributed by atoms with Crippen molar-refractivity contribution >= 4 is 5.69 Å². The number of nitrogens with one attached hydrogen (secondary N) is 1. The van der Waals surface area contributed by atoms with Crippen LogP contribution in [-0.2, 0) is 0 Å². The Morgan fingerprint density at radius 1 is 1.55 bits per heavy atom. The van der Waals surface area contributed by atoms with Gasteiger partial charge in [-0.15, -0.1) is 0 Å². The van der Waals surface area contributed by atoms with E-state index in [4.69, 9.17) is 5.11 Å². The zero-order valence-electron chi connectivity index (χ0n) is 6.49. The number of anilines is 1. The minimum Gasteiger partial charge on any atom is -0.394 e. The second-order valence-corrected chi connectivity index (χ2v) is 2.46. The fraction of sp³-hybridized carbons (Fsp3) is 0.375. The highest BCUT2D eigenvalue weighted by molar-refractivity contribution is 5.41. The second-order valence-electron chi connectivity index (χ2n) is 2.46. The number of nitrogens with zero attached hydrogens (tertiary/aromatic N) is 1. The molecule has 1 rings (SSSR count). The van der Waals surface area contributed by atoms with E-state index in [1.807, 2.05) is 19.1 Å². The first-order chi connectivity index (χ1) is 5.33. The van der Waals surface area contributed by atoms with Crippen molar-refractivity contribution in [1.82, 2.24) is 4.98 Å². The zero-order chi connectivity index (χ0) is 8.10. The van der Waals surface area contributed by atoms with Crippen molar-refractivity contribution in [3.8, 4) is 0 Å². The van der Waals surface area contributed by atoms with Gasteiger partial charge in [0, 0.05) is 24.1 Å². The minimum atomic E-state index is 0.0948. The molecule has 60 valence electrons. The maximum atomic E-state index is 8.72. The largest absolute Gasteiger partial charge is 0.394 e. The lowest BCUT2D eigenvalue weighted by Crippen LogP contribution is -2.18. The minimum absolute atomic E-state index is 0.0948. The highest BCUT2D eigenvalue weighted by Crippen LogP contribution is 2.04. The summed E-state index contributed by atoms with van der Waals surface area (Å²) in [5.41, 5.74) is 0.988. The van der Waals surface area contributed by atoms with Crippen LogP contribution < -0.4 is 5.32 Å². The summed E-state index contributed by atoms with van der Waals surface area (Å²) in [5, 5.41) is 11.8. The maximum Gasteiger partial charge on any atom is 0.0630 e. The third-order valence-corrected chi connectivity index (χ3v) is 1.37. The predicted molar refractivity (Wildman–Crippen MR) is 44.4 cm³/mol. The van der Waals surface area contributed by atoms with E-state index in [0.29, 0.717) is 0 Å². The molecule has 1 atom stereocenters. The predicted octanol–water partition coefficient (Wildman–Crippen LogP) is 0.874.